The summed E-state index contributed by atoms with van der Waals surface area (Å²) >= 11 is 1.59. The van der Waals surface area contributed by atoms with Crippen LogP contribution in [0, 0.1) is 6.92 Å². The third-order valence-electron chi connectivity index (χ3n) is 3.49. The van der Waals surface area contributed by atoms with E-state index < -0.39 is 10.0 Å². The Kier molecular flexibility index (Phi) is 3.59. The Morgan fingerprint density at radius 3 is 2.76 bits per heavy atom. The van der Waals surface area contributed by atoms with Gasteiger partial charge in [-0.3, -0.25) is 0 Å². The first kappa shape index (κ1) is 14.3. The van der Waals surface area contributed by atoms with E-state index in [1.54, 1.807) is 11.3 Å². The Labute approximate surface area is 128 Å². The van der Waals surface area contributed by atoms with Gasteiger partial charge in [-0.15, -0.1) is 0 Å². The van der Waals surface area contributed by atoms with Crippen LogP contribution >= 0.6 is 11.3 Å². The van der Waals surface area contributed by atoms with Crippen LogP contribution < -0.4 is 0 Å². The van der Waals surface area contributed by atoms with E-state index in [9.17, 15) is 8.42 Å². The van der Waals surface area contributed by atoms with Gasteiger partial charge in [-0.2, -0.15) is 20.9 Å². The SMILES string of the molecule is Cc1cccc([C@H]2CC(c3ccsc3)=NN2S(C)(=O)=O)c1. The molecule has 2 heterocycles. The molecule has 0 spiro atoms. The van der Waals surface area contributed by atoms with Gasteiger partial charge in [0.2, 0.25) is 10.0 Å². The third kappa shape index (κ3) is 2.87. The number of hydrazone groups is 1. The molecule has 0 saturated carbocycles. The van der Waals surface area contributed by atoms with Crippen molar-refractivity contribution in [3.8, 4) is 0 Å². The van der Waals surface area contributed by atoms with E-state index in [1.807, 2.05) is 48.0 Å². The number of hydrogen-bond acceptors (Lipinski definition) is 4. The Morgan fingerprint density at radius 1 is 1.33 bits per heavy atom. The van der Waals surface area contributed by atoms with Crippen molar-refractivity contribution in [2.24, 2.45) is 5.10 Å². The van der Waals surface area contributed by atoms with Crippen LogP contribution in [-0.2, 0) is 10.0 Å². The predicted molar refractivity (Wildman–Crippen MR) is 86.1 cm³/mol. The molecule has 6 heteroatoms. The van der Waals surface area contributed by atoms with Crippen molar-refractivity contribution in [2.75, 3.05) is 6.26 Å². The van der Waals surface area contributed by atoms with Gasteiger partial charge in [-0.25, -0.2) is 8.42 Å². The second-order valence-electron chi connectivity index (χ2n) is 5.23. The molecule has 1 atom stereocenters. The Morgan fingerprint density at radius 2 is 2.14 bits per heavy atom. The van der Waals surface area contributed by atoms with Crippen LogP contribution in [0.2, 0.25) is 0 Å². The quantitative estimate of drug-likeness (QED) is 0.872. The maximum Gasteiger partial charge on any atom is 0.247 e. The Bertz CT molecular complexity index is 780. The molecular formula is C15H16N2O2S2. The number of thiophene rings is 1. The van der Waals surface area contributed by atoms with Crippen molar-refractivity contribution >= 4 is 27.1 Å². The highest BCUT2D eigenvalue weighted by Gasteiger charge is 2.34. The van der Waals surface area contributed by atoms with Crippen LogP contribution in [0.1, 0.15) is 29.2 Å². The first-order valence-electron chi connectivity index (χ1n) is 6.61. The van der Waals surface area contributed by atoms with Gasteiger partial charge < -0.3 is 0 Å². The van der Waals surface area contributed by atoms with Gasteiger partial charge in [0.1, 0.15) is 0 Å². The van der Waals surface area contributed by atoms with E-state index in [4.69, 9.17) is 0 Å². The smallest absolute Gasteiger partial charge is 0.205 e. The molecule has 4 nitrogen and oxygen atoms in total. The Hall–Kier alpha value is -1.66. The van der Waals surface area contributed by atoms with Gasteiger partial charge in [-0.05, 0) is 29.3 Å². The molecule has 1 aromatic heterocycles. The highest BCUT2D eigenvalue weighted by Crippen LogP contribution is 2.35. The summed E-state index contributed by atoms with van der Waals surface area (Å²) in [6, 6.07) is 9.66. The van der Waals surface area contributed by atoms with Crippen LogP contribution in [0.5, 0.6) is 0 Å². The van der Waals surface area contributed by atoms with E-state index in [2.05, 4.69) is 5.10 Å². The second kappa shape index (κ2) is 5.27. The normalized spacial score (nSPS) is 18.9. The second-order valence-corrected chi connectivity index (χ2v) is 7.85. The summed E-state index contributed by atoms with van der Waals surface area (Å²) in [5.41, 5.74) is 3.93. The molecule has 1 aromatic carbocycles. The van der Waals surface area contributed by atoms with Gasteiger partial charge >= 0.3 is 0 Å². The lowest BCUT2D eigenvalue weighted by Gasteiger charge is -2.21. The van der Waals surface area contributed by atoms with E-state index >= 15 is 0 Å². The zero-order valence-electron chi connectivity index (χ0n) is 11.9. The number of hydrogen-bond donors (Lipinski definition) is 0. The molecule has 2 aromatic rings. The van der Waals surface area contributed by atoms with Crippen molar-refractivity contribution in [3.63, 3.8) is 0 Å². The van der Waals surface area contributed by atoms with Gasteiger partial charge in [0, 0.05) is 12.0 Å². The molecule has 0 amide bonds. The highest BCUT2D eigenvalue weighted by molar-refractivity contribution is 7.88. The third-order valence-corrected chi connectivity index (χ3v) is 5.19. The molecule has 21 heavy (non-hydrogen) atoms. The maximum absolute atomic E-state index is 12.0. The summed E-state index contributed by atoms with van der Waals surface area (Å²) < 4.78 is 25.3. The molecule has 0 saturated heterocycles. The lowest BCUT2D eigenvalue weighted by atomic mass is 9.99. The summed E-state index contributed by atoms with van der Waals surface area (Å²) in [4.78, 5) is 0. The topological polar surface area (TPSA) is 49.7 Å². The van der Waals surface area contributed by atoms with Crippen LogP contribution in [0.15, 0.2) is 46.2 Å². The first-order chi connectivity index (χ1) is 9.95. The number of benzene rings is 1. The molecule has 0 unspecified atom stereocenters. The standard InChI is InChI=1S/C15H16N2O2S2/c1-11-4-3-5-12(8-11)15-9-14(13-6-7-20-10-13)16-17(15)21(2,18)19/h3-8,10,15H,9H2,1-2H3/t15-/m1/s1. The van der Waals surface area contributed by atoms with Crippen LogP contribution in [-0.4, -0.2) is 24.8 Å². The van der Waals surface area contributed by atoms with Crippen molar-refractivity contribution in [2.45, 2.75) is 19.4 Å². The molecule has 0 fully saturated rings. The van der Waals surface area contributed by atoms with Crippen LogP contribution in [0.25, 0.3) is 0 Å². The average molecular weight is 320 g/mol. The van der Waals surface area contributed by atoms with Crippen LogP contribution in [0.3, 0.4) is 0 Å². The number of aryl methyl sites for hydroxylation is 1. The van der Waals surface area contributed by atoms with E-state index in [-0.39, 0.29) is 6.04 Å². The number of nitrogens with zero attached hydrogens (tertiary/aromatic N) is 2. The summed E-state index contributed by atoms with van der Waals surface area (Å²) in [6.07, 6.45) is 1.81. The van der Waals surface area contributed by atoms with Crippen molar-refractivity contribution in [1.29, 1.82) is 0 Å². The first-order valence-corrected chi connectivity index (χ1v) is 9.40. The van der Waals surface area contributed by atoms with Gasteiger partial charge in [0.15, 0.2) is 0 Å². The fraction of sp³-hybridized carbons (Fsp3) is 0.267. The zero-order valence-corrected chi connectivity index (χ0v) is 13.5. The van der Waals surface area contributed by atoms with Crippen LogP contribution in [0.4, 0.5) is 0 Å². The summed E-state index contributed by atoms with van der Waals surface area (Å²) in [5.74, 6) is 0. The molecule has 3 rings (SSSR count). The monoisotopic (exact) mass is 320 g/mol. The molecule has 0 radical (unpaired) electrons. The highest BCUT2D eigenvalue weighted by atomic mass is 32.2. The Balaban J connectivity index is 2.02. The molecule has 110 valence electrons. The van der Waals surface area contributed by atoms with E-state index in [0.29, 0.717) is 6.42 Å². The molecule has 1 aliphatic heterocycles. The number of sulfonamides is 1. The largest absolute Gasteiger partial charge is 0.247 e. The molecule has 0 aliphatic carbocycles. The number of rotatable bonds is 3. The predicted octanol–water partition coefficient (Wildman–Crippen LogP) is 3.17. The minimum absolute atomic E-state index is 0.255. The molecule has 0 N–H and O–H groups in total. The van der Waals surface area contributed by atoms with E-state index in [0.717, 1.165) is 22.4 Å². The fourth-order valence-corrected chi connectivity index (χ4v) is 4.09. The van der Waals surface area contributed by atoms with Gasteiger partial charge in [0.25, 0.3) is 0 Å². The maximum atomic E-state index is 12.0. The summed E-state index contributed by atoms with van der Waals surface area (Å²) in [6.45, 7) is 2.00. The van der Waals surface area contributed by atoms with Crippen molar-refractivity contribution < 1.29 is 8.42 Å². The summed E-state index contributed by atoms with van der Waals surface area (Å²) in [7, 11) is -3.39. The van der Waals surface area contributed by atoms with E-state index in [1.165, 1.54) is 10.7 Å². The minimum atomic E-state index is -3.39. The van der Waals surface area contributed by atoms with Crippen molar-refractivity contribution in [3.05, 3.63) is 57.8 Å². The molecule has 0 bridgehead atoms. The summed E-state index contributed by atoms with van der Waals surface area (Å²) in [5, 5.41) is 8.33. The fourth-order valence-electron chi connectivity index (χ4n) is 2.52. The molecule has 1 aliphatic rings. The lowest BCUT2D eigenvalue weighted by molar-refractivity contribution is 0.374. The molecular weight excluding hydrogens is 304 g/mol. The average Bonchev–Trinajstić information content (AvgIpc) is 3.07. The van der Waals surface area contributed by atoms with Crippen molar-refractivity contribution in [1.82, 2.24) is 4.41 Å². The van der Waals surface area contributed by atoms with Gasteiger partial charge in [0.05, 0.1) is 18.0 Å². The lowest BCUT2D eigenvalue weighted by Crippen LogP contribution is -2.25. The zero-order chi connectivity index (χ0) is 15.0. The minimum Gasteiger partial charge on any atom is -0.205 e. The van der Waals surface area contributed by atoms with Gasteiger partial charge in [-0.1, -0.05) is 29.8 Å².